The maximum absolute atomic E-state index is 6.26. The zero-order chi connectivity index (χ0) is 18.2. The first-order chi connectivity index (χ1) is 11.7. The summed E-state index contributed by atoms with van der Waals surface area (Å²) in [5.41, 5.74) is 2.36. The van der Waals surface area contributed by atoms with Crippen LogP contribution in [0.2, 0.25) is 0 Å². The number of rotatable bonds is 4. The van der Waals surface area contributed by atoms with Gasteiger partial charge in [-0.3, -0.25) is 0 Å². The lowest BCUT2D eigenvalue weighted by Gasteiger charge is -2.32. The van der Waals surface area contributed by atoms with Crippen molar-refractivity contribution in [2.75, 3.05) is 0 Å². The third-order valence-electron chi connectivity index (χ3n) is 4.99. The molecule has 1 aliphatic heterocycles. The van der Waals surface area contributed by atoms with Crippen LogP contribution in [0.25, 0.3) is 11.1 Å². The van der Waals surface area contributed by atoms with Crippen LogP contribution >= 0.6 is 0 Å². The number of benzene rings is 2. The highest BCUT2D eigenvalue weighted by molar-refractivity contribution is 6.63. The molecule has 2 aromatic rings. The van der Waals surface area contributed by atoms with E-state index in [2.05, 4.69) is 45.9 Å². The van der Waals surface area contributed by atoms with Crippen LogP contribution in [0.5, 0.6) is 5.75 Å². The molecule has 0 bridgehead atoms. The molecule has 0 unspecified atom stereocenters. The van der Waals surface area contributed by atoms with Gasteiger partial charge in [-0.15, -0.1) is 0 Å². The number of hydrogen-bond acceptors (Lipinski definition) is 3. The summed E-state index contributed by atoms with van der Waals surface area (Å²) in [4.78, 5) is 0. The van der Waals surface area contributed by atoms with Crippen molar-refractivity contribution < 1.29 is 14.0 Å². The Hall–Kier alpha value is -1.78. The Morgan fingerprint density at radius 2 is 1.44 bits per heavy atom. The van der Waals surface area contributed by atoms with E-state index >= 15 is 0 Å². The third-order valence-corrected chi connectivity index (χ3v) is 4.99. The molecule has 0 spiro atoms. The largest absolute Gasteiger partial charge is 0.498 e. The molecule has 0 atom stereocenters. The molecule has 3 rings (SSSR count). The molecule has 4 heteroatoms. The molecule has 0 amide bonds. The highest BCUT2D eigenvalue weighted by Gasteiger charge is 2.52. The predicted molar refractivity (Wildman–Crippen MR) is 103 cm³/mol. The fourth-order valence-corrected chi connectivity index (χ4v) is 2.92. The van der Waals surface area contributed by atoms with Gasteiger partial charge >= 0.3 is 7.12 Å². The van der Waals surface area contributed by atoms with Gasteiger partial charge in [0.15, 0.2) is 0 Å². The van der Waals surface area contributed by atoms with E-state index in [4.69, 9.17) is 14.0 Å². The van der Waals surface area contributed by atoms with Crippen molar-refractivity contribution in [2.24, 2.45) is 0 Å². The van der Waals surface area contributed by atoms with Gasteiger partial charge < -0.3 is 14.0 Å². The van der Waals surface area contributed by atoms with E-state index in [9.17, 15) is 0 Å². The number of hydrogen-bond donors (Lipinski definition) is 0. The van der Waals surface area contributed by atoms with Crippen molar-refractivity contribution in [1.29, 1.82) is 0 Å². The van der Waals surface area contributed by atoms with E-state index in [-0.39, 0.29) is 17.3 Å². The molecule has 0 saturated carbocycles. The van der Waals surface area contributed by atoms with Gasteiger partial charge in [-0.2, -0.15) is 0 Å². The quantitative estimate of drug-likeness (QED) is 0.772. The average molecular weight is 338 g/mol. The summed E-state index contributed by atoms with van der Waals surface area (Å²) in [6.07, 6.45) is 0.0611. The Morgan fingerprint density at radius 3 is 2.00 bits per heavy atom. The minimum atomic E-state index is -0.442. The Bertz CT molecular complexity index is 722. The smallest absolute Gasteiger partial charge is 0.491 e. The van der Waals surface area contributed by atoms with Crippen molar-refractivity contribution in [3.63, 3.8) is 0 Å². The molecular formula is C21H27BO3. The van der Waals surface area contributed by atoms with Crippen LogP contribution in [0.1, 0.15) is 41.5 Å². The van der Waals surface area contributed by atoms with Crippen LogP contribution in [0, 0.1) is 0 Å². The van der Waals surface area contributed by atoms with Crippen molar-refractivity contribution >= 4 is 12.6 Å². The molecule has 0 aromatic heterocycles. The normalized spacial score (nSPS) is 18.6. The van der Waals surface area contributed by atoms with E-state index in [0.717, 1.165) is 22.3 Å². The molecule has 1 saturated heterocycles. The summed E-state index contributed by atoms with van der Waals surface area (Å²) < 4.78 is 18.7. The van der Waals surface area contributed by atoms with Gasteiger partial charge in [0.2, 0.25) is 0 Å². The Labute approximate surface area is 151 Å². The highest BCUT2D eigenvalue weighted by atomic mass is 16.7. The first kappa shape index (κ1) is 18.0. The molecule has 1 fully saturated rings. The fraction of sp³-hybridized carbons (Fsp3) is 0.429. The zero-order valence-corrected chi connectivity index (χ0v) is 16.0. The molecule has 0 aliphatic carbocycles. The monoisotopic (exact) mass is 338 g/mol. The van der Waals surface area contributed by atoms with E-state index in [1.54, 1.807) is 0 Å². The minimum absolute atomic E-state index is 0.0611. The highest BCUT2D eigenvalue weighted by Crippen LogP contribution is 2.38. The topological polar surface area (TPSA) is 27.7 Å². The van der Waals surface area contributed by atoms with Gasteiger partial charge in [-0.05, 0) is 47.1 Å². The summed E-state index contributed by atoms with van der Waals surface area (Å²) >= 11 is 0. The lowest BCUT2D eigenvalue weighted by molar-refractivity contribution is 0.00578. The third kappa shape index (κ3) is 3.46. The first-order valence-electron chi connectivity index (χ1n) is 8.92. The van der Waals surface area contributed by atoms with Gasteiger partial charge in [0.25, 0.3) is 0 Å². The minimum Gasteiger partial charge on any atom is -0.491 e. The molecule has 0 N–H and O–H groups in total. The second-order valence-electron chi connectivity index (χ2n) is 7.84. The number of ether oxygens (including phenoxy) is 1. The second-order valence-corrected chi connectivity index (χ2v) is 7.84. The van der Waals surface area contributed by atoms with Gasteiger partial charge in [-0.25, -0.2) is 0 Å². The molecular weight excluding hydrogens is 311 g/mol. The maximum atomic E-state index is 6.26. The second kappa shape index (κ2) is 6.51. The molecule has 25 heavy (non-hydrogen) atoms. The van der Waals surface area contributed by atoms with E-state index < -0.39 is 7.12 Å². The first-order valence-corrected chi connectivity index (χ1v) is 8.92. The summed E-state index contributed by atoms with van der Waals surface area (Å²) in [5.74, 6) is 0.835. The fourth-order valence-electron chi connectivity index (χ4n) is 2.92. The van der Waals surface area contributed by atoms with E-state index in [1.807, 2.05) is 44.2 Å². The summed E-state index contributed by atoms with van der Waals surface area (Å²) in [7, 11) is -0.442. The Kier molecular flexibility index (Phi) is 4.69. The molecule has 1 aliphatic rings. The lowest BCUT2D eigenvalue weighted by Crippen LogP contribution is -2.41. The SMILES string of the molecule is CC(C)Oc1c(B2OC(C)(C)C(C)(C)O2)cccc1-c1ccccc1. The van der Waals surface area contributed by atoms with Gasteiger partial charge in [0.05, 0.1) is 17.3 Å². The zero-order valence-electron chi connectivity index (χ0n) is 16.0. The standard InChI is InChI=1S/C21H27BO3/c1-15(2)23-19-17(16-11-8-7-9-12-16)13-10-14-18(19)22-24-20(3,4)21(5,6)25-22/h7-15H,1-6H3. The van der Waals surface area contributed by atoms with Crippen LogP contribution in [0.3, 0.4) is 0 Å². The van der Waals surface area contributed by atoms with Gasteiger partial charge in [0.1, 0.15) is 5.75 Å². The number of para-hydroxylation sites is 1. The van der Waals surface area contributed by atoms with Crippen molar-refractivity contribution in [3.8, 4) is 16.9 Å². The predicted octanol–water partition coefficient (Wildman–Crippen LogP) is 4.44. The summed E-state index contributed by atoms with van der Waals surface area (Å²) in [6, 6.07) is 16.4. The molecule has 2 aromatic carbocycles. The van der Waals surface area contributed by atoms with Crippen LogP contribution in [-0.4, -0.2) is 24.4 Å². The van der Waals surface area contributed by atoms with E-state index in [0.29, 0.717) is 0 Å². The lowest BCUT2D eigenvalue weighted by atomic mass is 9.76. The molecule has 1 heterocycles. The van der Waals surface area contributed by atoms with Crippen molar-refractivity contribution in [2.45, 2.75) is 58.8 Å². The van der Waals surface area contributed by atoms with Gasteiger partial charge in [-0.1, -0.05) is 48.5 Å². The Morgan fingerprint density at radius 1 is 0.840 bits per heavy atom. The molecule has 3 nitrogen and oxygen atoms in total. The maximum Gasteiger partial charge on any atom is 0.498 e. The van der Waals surface area contributed by atoms with Crippen LogP contribution in [-0.2, 0) is 9.31 Å². The summed E-state index contributed by atoms with van der Waals surface area (Å²) in [5, 5.41) is 0. The summed E-state index contributed by atoms with van der Waals surface area (Å²) in [6.45, 7) is 12.3. The molecule has 132 valence electrons. The van der Waals surface area contributed by atoms with Crippen LogP contribution in [0.4, 0.5) is 0 Å². The van der Waals surface area contributed by atoms with Crippen LogP contribution in [0.15, 0.2) is 48.5 Å². The van der Waals surface area contributed by atoms with Gasteiger partial charge in [0, 0.05) is 11.0 Å². The van der Waals surface area contributed by atoms with Crippen molar-refractivity contribution in [1.82, 2.24) is 0 Å². The Balaban J connectivity index is 2.08. The average Bonchev–Trinajstić information content (AvgIpc) is 2.76. The van der Waals surface area contributed by atoms with Crippen LogP contribution < -0.4 is 10.2 Å². The van der Waals surface area contributed by atoms with E-state index in [1.165, 1.54) is 0 Å². The molecule has 0 radical (unpaired) electrons. The van der Waals surface area contributed by atoms with Crippen molar-refractivity contribution in [3.05, 3.63) is 48.5 Å².